The minimum atomic E-state index is -3.10. The average molecular weight is 314 g/mol. The molecule has 2 N–H and O–H groups in total. The number of nitrogens with one attached hydrogen (secondary N) is 2. The van der Waals surface area contributed by atoms with Gasteiger partial charge in [-0.15, -0.1) is 0 Å². The molecular formula is C15H23FN2O2S. The van der Waals surface area contributed by atoms with Gasteiger partial charge in [-0.25, -0.2) is 17.5 Å². The second-order valence-electron chi connectivity index (χ2n) is 5.39. The summed E-state index contributed by atoms with van der Waals surface area (Å²) in [6.07, 6.45) is 3.77. The minimum absolute atomic E-state index is 0.113. The fraction of sp³-hybridized carbons (Fsp3) is 0.600. The molecule has 2 rings (SSSR count). The number of hydrogen-bond acceptors (Lipinski definition) is 3. The number of rotatable bonds is 7. The second-order valence-corrected chi connectivity index (χ2v) is 7.49. The predicted octanol–water partition coefficient (Wildman–Crippen LogP) is 2.12. The minimum Gasteiger partial charge on any atom is -0.310 e. The molecule has 0 aromatic heterocycles. The Kier molecular flexibility index (Phi) is 5.72. The van der Waals surface area contributed by atoms with E-state index < -0.39 is 10.0 Å². The van der Waals surface area contributed by atoms with Crippen molar-refractivity contribution in [2.45, 2.75) is 38.6 Å². The van der Waals surface area contributed by atoms with Gasteiger partial charge in [0.15, 0.2) is 0 Å². The van der Waals surface area contributed by atoms with Crippen molar-refractivity contribution in [3.8, 4) is 0 Å². The van der Waals surface area contributed by atoms with Crippen LogP contribution in [0.25, 0.3) is 0 Å². The van der Waals surface area contributed by atoms with Gasteiger partial charge < -0.3 is 5.32 Å². The summed E-state index contributed by atoms with van der Waals surface area (Å²) in [4.78, 5) is 0. The van der Waals surface area contributed by atoms with Gasteiger partial charge in [0, 0.05) is 12.6 Å². The van der Waals surface area contributed by atoms with E-state index in [1.807, 2.05) is 6.07 Å². The van der Waals surface area contributed by atoms with Crippen molar-refractivity contribution < 1.29 is 12.8 Å². The van der Waals surface area contributed by atoms with Crippen LogP contribution in [0.5, 0.6) is 0 Å². The summed E-state index contributed by atoms with van der Waals surface area (Å²) in [7, 11) is -3.10. The Labute approximate surface area is 126 Å². The summed E-state index contributed by atoms with van der Waals surface area (Å²) in [5, 5.41) is 3.44. The van der Waals surface area contributed by atoms with Crippen LogP contribution in [0.1, 0.15) is 43.4 Å². The largest absolute Gasteiger partial charge is 0.310 e. The lowest BCUT2D eigenvalue weighted by atomic mass is 9.87. The van der Waals surface area contributed by atoms with Gasteiger partial charge >= 0.3 is 0 Å². The van der Waals surface area contributed by atoms with Gasteiger partial charge in [-0.1, -0.05) is 6.07 Å². The van der Waals surface area contributed by atoms with Crippen LogP contribution in [-0.4, -0.2) is 27.3 Å². The van der Waals surface area contributed by atoms with Crippen molar-refractivity contribution in [3.63, 3.8) is 0 Å². The first-order chi connectivity index (χ1) is 10.0. The molecule has 0 radical (unpaired) electrons. The lowest BCUT2D eigenvalue weighted by molar-refractivity contribution is 0.453. The number of sulfonamides is 1. The third-order valence-corrected chi connectivity index (χ3v) is 5.27. The Morgan fingerprint density at radius 3 is 2.90 bits per heavy atom. The molecule has 118 valence electrons. The number of aryl methyl sites for hydroxylation is 1. The first-order valence-corrected chi connectivity index (χ1v) is 9.16. The Morgan fingerprint density at radius 1 is 1.33 bits per heavy atom. The molecule has 0 aliphatic heterocycles. The molecule has 0 bridgehead atoms. The molecule has 1 aromatic carbocycles. The van der Waals surface area contributed by atoms with E-state index in [0.717, 1.165) is 37.8 Å². The van der Waals surface area contributed by atoms with E-state index >= 15 is 0 Å². The van der Waals surface area contributed by atoms with Crippen molar-refractivity contribution >= 4 is 10.0 Å². The fourth-order valence-electron chi connectivity index (χ4n) is 2.69. The van der Waals surface area contributed by atoms with Gasteiger partial charge in [-0.05, 0) is 62.4 Å². The highest BCUT2D eigenvalue weighted by Gasteiger charge is 2.19. The highest BCUT2D eigenvalue weighted by molar-refractivity contribution is 7.89. The summed E-state index contributed by atoms with van der Waals surface area (Å²) < 4.78 is 38.4. The van der Waals surface area contributed by atoms with Crippen molar-refractivity contribution in [2.24, 2.45) is 0 Å². The van der Waals surface area contributed by atoms with Gasteiger partial charge in [0.05, 0.1) is 5.75 Å². The summed E-state index contributed by atoms with van der Waals surface area (Å²) >= 11 is 0. The second kappa shape index (κ2) is 7.33. The van der Waals surface area contributed by atoms with Gasteiger partial charge in [-0.2, -0.15) is 0 Å². The third-order valence-electron chi connectivity index (χ3n) is 3.87. The molecule has 1 atom stereocenters. The molecule has 0 saturated carbocycles. The van der Waals surface area contributed by atoms with E-state index in [0.29, 0.717) is 6.54 Å². The van der Waals surface area contributed by atoms with Crippen LogP contribution in [0.3, 0.4) is 0 Å². The van der Waals surface area contributed by atoms with E-state index in [9.17, 15) is 12.8 Å². The molecule has 1 aliphatic carbocycles. The van der Waals surface area contributed by atoms with Crippen molar-refractivity contribution in [1.29, 1.82) is 0 Å². The van der Waals surface area contributed by atoms with Gasteiger partial charge in [0.1, 0.15) is 5.82 Å². The lowest BCUT2D eigenvalue weighted by Crippen LogP contribution is -2.31. The standard InChI is InChI=1S/C15H23FN2O2S/c1-2-21(19,20)18-10-4-9-17-15-6-3-5-12-11-13(16)7-8-14(12)15/h7-8,11,15,17-18H,2-6,9-10H2,1H3/t15-/m0/s1. The molecule has 4 nitrogen and oxygen atoms in total. The Balaban J connectivity index is 1.80. The predicted molar refractivity (Wildman–Crippen MR) is 82.2 cm³/mol. The van der Waals surface area contributed by atoms with Crippen LogP contribution in [0.4, 0.5) is 4.39 Å². The van der Waals surface area contributed by atoms with Crippen LogP contribution < -0.4 is 10.0 Å². The molecule has 0 unspecified atom stereocenters. The smallest absolute Gasteiger partial charge is 0.211 e. The van der Waals surface area contributed by atoms with Crippen LogP contribution in [-0.2, 0) is 16.4 Å². The zero-order chi connectivity index (χ0) is 15.3. The van der Waals surface area contributed by atoms with E-state index in [2.05, 4.69) is 10.0 Å². The zero-order valence-electron chi connectivity index (χ0n) is 12.4. The third kappa shape index (κ3) is 4.76. The van der Waals surface area contributed by atoms with E-state index in [1.54, 1.807) is 13.0 Å². The number of halogens is 1. The van der Waals surface area contributed by atoms with Gasteiger partial charge in [0.25, 0.3) is 0 Å². The quantitative estimate of drug-likeness (QED) is 0.758. The fourth-order valence-corrected chi connectivity index (χ4v) is 3.35. The molecule has 0 heterocycles. The molecular weight excluding hydrogens is 291 g/mol. The highest BCUT2D eigenvalue weighted by atomic mass is 32.2. The monoisotopic (exact) mass is 314 g/mol. The maximum atomic E-state index is 13.2. The normalized spacial score (nSPS) is 18.5. The van der Waals surface area contributed by atoms with Crippen LogP contribution >= 0.6 is 0 Å². The maximum Gasteiger partial charge on any atom is 0.211 e. The van der Waals surface area contributed by atoms with Crippen molar-refractivity contribution in [3.05, 3.63) is 35.1 Å². The van der Waals surface area contributed by atoms with Crippen LogP contribution in [0.2, 0.25) is 0 Å². The molecule has 6 heteroatoms. The molecule has 0 spiro atoms. The lowest BCUT2D eigenvalue weighted by Gasteiger charge is -2.26. The first-order valence-electron chi connectivity index (χ1n) is 7.51. The van der Waals surface area contributed by atoms with Crippen molar-refractivity contribution in [1.82, 2.24) is 10.0 Å². The summed E-state index contributed by atoms with van der Waals surface area (Å²) in [6, 6.07) is 5.24. The van der Waals surface area contributed by atoms with Gasteiger partial charge in [-0.3, -0.25) is 0 Å². The molecule has 1 aromatic rings. The first kappa shape index (κ1) is 16.4. The molecule has 0 saturated heterocycles. The number of fused-ring (bicyclic) bond motifs is 1. The van der Waals surface area contributed by atoms with Crippen molar-refractivity contribution in [2.75, 3.05) is 18.8 Å². The summed E-state index contributed by atoms with van der Waals surface area (Å²) in [5.41, 5.74) is 2.27. The molecule has 0 fully saturated rings. The Morgan fingerprint density at radius 2 is 2.14 bits per heavy atom. The SMILES string of the molecule is CCS(=O)(=O)NCCCN[C@H]1CCCc2cc(F)ccc21. The van der Waals surface area contributed by atoms with Crippen LogP contribution in [0.15, 0.2) is 18.2 Å². The van der Waals surface area contributed by atoms with E-state index in [4.69, 9.17) is 0 Å². The molecule has 0 amide bonds. The molecule has 1 aliphatic rings. The van der Waals surface area contributed by atoms with E-state index in [1.165, 1.54) is 11.6 Å². The topological polar surface area (TPSA) is 58.2 Å². The Bertz CT molecular complexity index is 575. The molecule has 21 heavy (non-hydrogen) atoms. The number of benzene rings is 1. The average Bonchev–Trinajstić information content (AvgIpc) is 2.46. The maximum absolute atomic E-state index is 13.2. The van der Waals surface area contributed by atoms with Crippen LogP contribution in [0, 0.1) is 5.82 Å². The van der Waals surface area contributed by atoms with E-state index in [-0.39, 0.29) is 17.6 Å². The zero-order valence-corrected chi connectivity index (χ0v) is 13.2. The number of hydrogen-bond donors (Lipinski definition) is 2. The Hall–Kier alpha value is -0.980. The highest BCUT2D eigenvalue weighted by Crippen LogP contribution is 2.29. The summed E-state index contributed by atoms with van der Waals surface area (Å²) in [6.45, 7) is 2.82. The summed E-state index contributed by atoms with van der Waals surface area (Å²) in [5.74, 6) is -0.0643. The van der Waals surface area contributed by atoms with Gasteiger partial charge in [0.2, 0.25) is 10.0 Å².